The lowest BCUT2D eigenvalue weighted by Crippen LogP contribution is -2.52. The zero-order valence-electron chi connectivity index (χ0n) is 14.5. The number of nitrogens with zero attached hydrogens (tertiary/aromatic N) is 2. The van der Waals surface area contributed by atoms with Crippen molar-refractivity contribution in [2.45, 2.75) is 26.0 Å². The Morgan fingerprint density at radius 2 is 2.08 bits per heavy atom. The number of rotatable bonds is 4. The highest BCUT2D eigenvalue weighted by molar-refractivity contribution is 5.85. The Kier molecular flexibility index (Phi) is 6.79. The van der Waals surface area contributed by atoms with Gasteiger partial charge in [-0.15, -0.1) is 12.4 Å². The van der Waals surface area contributed by atoms with Crippen molar-refractivity contribution in [1.82, 2.24) is 15.2 Å². The molecule has 1 saturated heterocycles. The summed E-state index contributed by atoms with van der Waals surface area (Å²) in [4.78, 5) is 19.0. The Hall–Kier alpha value is -2.11. The number of amides is 1. The molecule has 134 valence electrons. The van der Waals surface area contributed by atoms with Gasteiger partial charge in [-0.05, 0) is 37.6 Å². The highest BCUT2D eigenvalue weighted by atomic mass is 35.5. The van der Waals surface area contributed by atoms with Crippen molar-refractivity contribution >= 4 is 18.3 Å². The van der Waals surface area contributed by atoms with E-state index in [1.807, 2.05) is 61.3 Å². The smallest absolute Gasteiger partial charge is 0.263 e. The summed E-state index contributed by atoms with van der Waals surface area (Å²) >= 11 is 0. The number of carbonyl (C=O) groups excluding carboxylic acids is 1. The van der Waals surface area contributed by atoms with Crippen molar-refractivity contribution in [3.05, 3.63) is 59.9 Å². The van der Waals surface area contributed by atoms with Gasteiger partial charge in [0.1, 0.15) is 5.75 Å². The minimum atomic E-state index is -0.523. The minimum Gasteiger partial charge on any atom is -0.481 e. The van der Waals surface area contributed by atoms with E-state index in [-0.39, 0.29) is 24.4 Å². The van der Waals surface area contributed by atoms with Gasteiger partial charge in [0.25, 0.3) is 5.91 Å². The highest BCUT2D eigenvalue weighted by Gasteiger charge is 2.31. The van der Waals surface area contributed by atoms with Gasteiger partial charge in [-0.1, -0.05) is 23.8 Å². The maximum absolute atomic E-state index is 12.9. The maximum Gasteiger partial charge on any atom is 0.263 e. The standard InChI is InChI=1S/C19H23N3O2.ClH/c1-14-5-7-17(8-6-14)24-15(2)19(23)22-11-10-21-13-18(22)16-4-3-9-20-12-16;/h3-9,12,15,18,21H,10-11,13H2,1-2H3;1H. The van der Waals surface area contributed by atoms with Crippen LogP contribution in [0.25, 0.3) is 0 Å². The summed E-state index contributed by atoms with van der Waals surface area (Å²) < 4.78 is 5.84. The van der Waals surface area contributed by atoms with Crippen molar-refractivity contribution in [1.29, 1.82) is 0 Å². The van der Waals surface area contributed by atoms with Gasteiger partial charge >= 0.3 is 0 Å². The first-order valence-corrected chi connectivity index (χ1v) is 8.29. The summed E-state index contributed by atoms with van der Waals surface area (Å²) in [6.07, 6.45) is 3.04. The fourth-order valence-electron chi connectivity index (χ4n) is 2.94. The Labute approximate surface area is 154 Å². The molecule has 2 atom stereocenters. The number of hydrogen-bond donors (Lipinski definition) is 1. The molecule has 2 unspecified atom stereocenters. The molecule has 2 heterocycles. The SMILES string of the molecule is Cc1ccc(OC(C)C(=O)N2CCNCC2c2cccnc2)cc1.Cl. The number of carbonyl (C=O) groups is 1. The first-order chi connectivity index (χ1) is 11.6. The third kappa shape index (κ3) is 4.71. The van der Waals surface area contributed by atoms with E-state index in [1.54, 1.807) is 6.20 Å². The van der Waals surface area contributed by atoms with Crippen molar-refractivity contribution in [3.8, 4) is 5.75 Å². The van der Waals surface area contributed by atoms with Crippen LogP contribution in [0, 0.1) is 6.92 Å². The van der Waals surface area contributed by atoms with E-state index in [9.17, 15) is 4.79 Å². The van der Waals surface area contributed by atoms with Crippen LogP contribution < -0.4 is 10.1 Å². The molecule has 1 N–H and O–H groups in total. The zero-order chi connectivity index (χ0) is 16.9. The lowest BCUT2D eigenvalue weighted by Gasteiger charge is -2.37. The summed E-state index contributed by atoms with van der Waals surface area (Å²) in [5.74, 6) is 0.723. The number of halogens is 1. The van der Waals surface area contributed by atoms with Gasteiger partial charge in [-0.2, -0.15) is 0 Å². The molecule has 1 aliphatic heterocycles. The van der Waals surface area contributed by atoms with Gasteiger partial charge < -0.3 is 15.0 Å². The Morgan fingerprint density at radius 3 is 2.76 bits per heavy atom. The van der Waals surface area contributed by atoms with Crippen LogP contribution in [0.5, 0.6) is 5.75 Å². The topological polar surface area (TPSA) is 54.5 Å². The van der Waals surface area contributed by atoms with Gasteiger partial charge in [0.2, 0.25) is 0 Å². The van der Waals surface area contributed by atoms with Gasteiger partial charge in [0.15, 0.2) is 6.10 Å². The van der Waals surface area contributed by atoms with Crippen molar-refractivity contribution in [2.75, 3.05) is 19.6 Å². The van der Waals surface area contributed by atoms with Crippen LogP contribution >= 0.6 is 12.4 Å². The molecular formula is C19H24ClN3O2. The molecule has 1 fully saturated rings. The molecule has 3 rings (SSSR count). The van der Waals surface area contributed by atoms with Gasteiger partial charge in [-0.3, -0.25) is 9.78 Å². The third-order valence-corrected chi connectivity index (χ3v) is 4.28. The van der Waals surface area contributed by atoms with Gasteiger partial charge in [0.05, 0.1) is 6.04 Å². The number of pyridine rings is 1. The maximum atomic E-state index is 12.9. The molecule has 1 aromatic heterocycles. The molecule has 25 heavy (non-hydrogen) atoms. The molecular weight excluding hydrogens is 338 g/mol. The van der Waals surface area contributed by atoms with E-state index in [4.69, 9.17) is 4.74 Å². The van der Waals surface area contributed by atoms with E-state index in [0.717, 1.165) is 24.4 Å². The first-order valence-electron chi connectivity index (χ1n) is 8.29. The fourth-order valence-corrected chi connectivity index (χ4v) is 2.94. The average molecular weight is 362 g/mol. The summed E-state index contributed by atoms with van der Waals surface area (Å²) in [5, 5.41) is 3.35. The van der Waals surface area contributed by atoms with Crippen molar-refractivity contribution in [3.63, 3.8) is 0 Å². The number of nitrogens with one attached hydrogen (secondary N) is 1. The fraction of sp³-hybridized carbons (Fsp3) is 0.368. The first kappa shape index (κ1) is 19.2. The van der Waals surface area contributed by atoms with E-state index in [1.165, 1.54) is 5.56 Å². The predicted molar refractivity (Wildman–Crippen MR) is 100 cm³/mol. The van der Waals surface area contributed by atoms with Crippen molar-refractivity contribution in [2.24, 2.45) is 0 Å². The summed E-state index contributed by atoms with van der Waals surface area (Å²) in [6.45, 7) is 6.02. The number of ether oxygens (including phenoxy) is 1. The molecule has 1 aliphatic rings. The number of aromatic nitrogens is 1. The second-order valence-corrected chi connectivity index (χ2v) is 6.11. The molecule has 2 aromatic rings. The summed E-state index contributed by atoms with van der Waals surface area (Å²) in [5.41, 5.74) is 2.21. The van der Waals surface area contributed by atoms with Crippen LogP contribution in [0.4, 0.5) is 0 Å². The predicted octanol–water partition coefficient (Wildman–Crippen LogP) is 2.75. The molecule has 0 spiro atoms. The van der Waals surface area contributed by atoms with Gasteiger partial charge in [0, 0.05) is 32.0 Å². The molecule has 6 heteroatoms. The number of hydrogen-bond acceptors (Lipinski definition) is 4. The molecule has 1 amide bonds. The lowest BCUT2D eigenvalue weighted by atomic mass is 10.0. The van der Waals surface area contributed by atoms with Crippen LogP contribution in [-0.4, -0.2) is 41.5 Å². The van der Waals surface area contributed by atoms with Crippen LogP contribution in [0.2, 0.25) is 0 Å². The summed E-state index contributed by atoms with van der Waals surface area (Å²) in [7, 11) is 0. The van der Waals surface area contributed by atoms with E-state index in [0.29, 0.717) is 6.54 Å². The largest absolute Gasteiger partial charge is 0.481 e. The number of benzene rings is 1. The Bertz CT molecular complexity index is 679. The Balaban J connectivity index is 0.00000225. The molecule has 0 radical (unpaired) electrons. The molecule has 0 bridgehead atoms. The van der Waals surface area contributed by atoms with Crippen molar-refractivity contribution < 1.29 is 9.53 Å². The van der Waals surface area contributed by atoms with Crippen LogP contribution in [0.1, 0.15) is 24.1 Å². The van der Waals surface area contributed by atoms with E-state index in [2.05, 4.69) is 10.3 Å². The van der Waals surface area contributed by atoms with E-state index < -0.39 is 6.10 Å². The molecule has 5 nitrogen and oxygen atoms in total. The zero-order valence-corrected chi connectivity index (χ0v) is 15.3. The number of aryl methyl sites for hydroxylation is 1. The normalized spacial score (nSPS) is 18.2. The molecule has 1 aromatic carbocycles. The molecule has 0 saturated carbocycles. The number of piperazine rings is 1. The quantitative estimate of drug-likeness (QED) is 0.909. The van der Waals surface area contributed by atoms with Crippen LogP contribution in [0.3, 0.4) is 0 Å². The lowest BCUT2D eigenvalue weighted by molar-refractivity contribution is -0.141. The minimum absolute atomic E-state index is 0. The second kappa shape index (κ2) is 8.83. The molecule has 0 aliphatic carbocycles. The monoisotopic (exact) mass is 361 g/mol. The summed E-state index contributed by atoms with van der Waals surface area (Å²) in [6, 6.07) is 11.7. The van der Waals surface area contributed by atoms with Crippen LogP contribution in [-0.2, 0) is 4.79 Å². The second-order valence-electron chi connectivity index (χ2n) is 6.11. The Morgan fingerprint density at radius 1 is 1.32 bits per heavy atom. The highest BCUT2D eigenvalue weighted by Crippen LogP contribution is 2.23. The third-order valence-electron chi connectivity index (χ3n) is 4.28. The average Bonchev–Trinajstić information content (AvgIpc) is 2.63. The van der Waals surface area contributed by atoms with Crippen LogP contribution in [0.15, 0.2) is 48.8 Å². The van der Waals surface area contributed by atoms with E-state index >= 15 is 0 Å². The van der Waals surface area contributed by atoms with Gasteiger partial charge in [-0.25, -0.2) is 0 Å².